The van der Waals surface area contributed by atoms with Crippen LogP contribution in [0.4, 0.5) is 0 Å². The molecule has 1 unspecified atom stereocenters. The van der Waals surface area contributed by atoms with Crippen LogP contribution in [-0.4, -0.2) is 52.4 Å². The van der Waals surface area contributed by atoms with Crippen molar-refractivity contribution in [2.75, 3.05) is 25.4 Å². The number of amides is 1. The third kappa shape index (κ3) is 5.32. The van der Waals surface area contributed by atoms with Crippen LogP contribution in [0.15, 0.2) is 4.52 Å². The summed E-state index contributed by atoms with van der Waals surface area (Å²) in [6, 6.07) is 0.473. The average Bonchev–Trinajstić information content (AvgIpc) is 3.12. The van der Waals surface area contributed by atoms with Gasteiger partial charge in [0.05, 0.1) is 11.5 Å². The van der Waals surface area contributed by atoms with Gasteiger partial charge in [-0.05, 0) is 32.4 Å². The molecule has 1 N–H and O–H groups in total. The van der Waals surface area contributed by atoms with E-state index in [9.17, 15) is 4.79 Å². The lowest BCUT2D eigenvalue weighted by Crippen LogP contribution is -2.42. The molecule has 0 aromatic carbocycles. The predicted molar refractivity (Wildman–Crippen MR) is 83.1 cm³/mol. The number of hydrogen-bond donors (Lipinski definition) is 1. The van der Waals surface area contributed by atoms with Gasteiger partial charge >= 0.3 is 0 Å². The molecule has 7 heteroatoms. The summed E-state index contributed by atoms with van der Waals surface area (Å²) in [7, 11) is 0. The van der Waals surface area contributed by atoms with Gasteiger partial charge in [0.15, 0.2) is 5.82 Å². The van der Waals surface area contributed by atoms with Crippen LogP contribution in [0, 0.1) is 6.92 Å². The number of aromatic nitrogens is 2. The Labute approximate surface area is 130 Å². The van der Waals surface area contributed by atoms with Gasteiger partial charge in [0.2, 0.25) is 11.8 Å². The van der Waals surface area contributed by atoms with Crippen LogP contribution in [-0.2, 0) is 10.5 Å². The number of hydrogen-bond acceptors (Lipinski definition) is 6. The molecule has 1 amide bonds. The Morgan fingerprint density at radius 1 is 1.48 bits per heavy atom. The Balaban J connectivity index is 1.62. The van der Waals surface area contributed by atoms with Crippen LogP contribution in [0.1, 0.15) is 37.9 Å². The van der Waals surface area contributed by atoms with E-state index >= 15 is 0 Å². The number of likely N-dealkylation sites (tertiary alicyclic amines) is 1. The van der Waals surface area contributed by atoms with Crippen molar-refractivity contribution in [3.63, 3.8) is 0 Å². The van der Waals surface area contributed by atoms with E-state index in [0.29, 0.717) is 29.3 Å². The molecule has 0 radical (unpaired) electrons. The maximum atomic E-state index is 11.9. The van der Waals surface area contributed by atoms with Gasteiger partial charge < -0.3 is 9.84 Å². The Bertz CT molecular complexity index is 446. The van der Waals surface area contributed by atoms with E-state index in [2.05, 4.69) is 27.3 Å². The molecule has 21 heavy (non-hydrogen) atoms. The molecule has 1 aromatic heterocycles. The molecule has 1 aromatic rings. The van der Waals surface area contributed by atoms with Gasteiger partial charge in [-0.3, -0.25) is 9.69 Å². The van der Waals surface area contributed by atoms with E-state index in [-0.39, 0.29) is 5.91 Å². The van der Waals surface area contributed by atoms with Crippen molar-refractivity contribution in [1.82, 2.24) is 20.4 Å². The second-order valence-electron chi connectivity index (χ2n) is 5.33. The SMILES string of the molecule is CCC(CNC(=O)CSCc1noc(C)n1)N1CCCC1. The van der Waals surface area contributed by atoms with Crippen LogP contribution >= 0.6 is 11.8 Å². The van der Waals surface area contributed by atoms with E-state index in [4.69, 9.17) is 4.52 Å². The number of carbonyl (C=O) groups excluding carboxylic acids is 1. The zero-order chi connectivity index (χ0) is 15.1. The molecule has 1 aliphatic rings. The summed E-state index contributed by atoms with van der Waals surface area (Å²) in [6.45, 7) is 7.03. The van der Waals surface area contributed by atoms with Gasteiger partial charge in [0, 0.05) is 19.5 Å². The van der Waals surface area contributed by atoms with Crippen LogP contribution < -0.4 is 5.32 Å². The summed E-state index contributed by atoms with van der Waals surface area (Å²) < 4.78 is 4.89. The van der Waals surface area contributed by atoms with Crippen molar-refractivity contribution in [2.45, 2.75) is 44.9 Å². The fourth-order valence-electron chi connectivity index (χ4n) is 2.56. The molecule has 118 valence electrons. The molecule has 1 saturated heterocycles. The first-order chi connectivity index (χ1) is 10.2. The Kier molecular flexibility index (Phi) is 6.50. The van der Waals surface area contributed by atoms with Gasteiger partial charge in [-0.2, -0.15) is 4.98 Å². The Hall–Kier alpha value is -1.08. The molecular formula is C14H24N4O2S. The highest BCUT2D eigenvalue weighted by Crippen LogP contribution is 2.13. The fraction of sp³-hybridized carbons (Fsp3) is 0.786. The van der Waals surface area contributed by atoms with Crippen molar-refractivity contribution in [3.05, 3.63) is 11.7 Å². The molecule has 0 saturated carbocycles. The number of thioether (sulfide) groups is 1. The lowest BCUT2D eigenvalue weighted by molar-refractivity contribution is -0.118. The molecule has 1 fully saturated rings. The minimum Gasteiger partial charge on any atom is -0.354 e. The number of rotatable bonds is 8. The number of nitrogens with one attached hydrogen (secondary N) is 1. The lowest BCUT2D eigenvalue weighted by Gasteiger charge is -2.26. The zero-order valence-electron chi connectivity index (χ0n) is 12.8. The summed E-state index contributed by atoms with van der Waals surface area (Å²) in [5, 5.41) is 6.84. The second kappa shape index (κ2) is 8.38. The van der Waals surface area contributed by atoms with Gasteiger partial charge in [-0.15, -0.1) is 11.8 Å². The number of aryl methyl sites for hydroxylation is 1. The summed E-state index contributed by atoms with van der Waals surface area (Å²) in [5.74, 6) is 2.33. The fourth-order valence-corrected chi connectivity index (χ4v) is 3.25. The van der Waals surface area contributed by atoms with E-state index in [1.54, 1.807) is 6.92 Å². The normalized spacial score (nSPS) is 17.0. The maximum absolute atomic E-state index is 11.9. The molecule has 0 aliphatic carbocycles. The zero-order valence-corrected chi connectivity index (χ0v) is 13.6. The summed E-state index contributed by atoms with van der Waals surface area (Å²) in [6.07, 6.45) is 3.64. The molecular weight excluding hydrogens is 288 g/mol. The van der Waals surface area contributed by atoms with Crippen LogP contribution in [0.2, 0.25) is 0 Å². The Morgan fingerprint density at radius 3 is 2.86 bits per heavy atom. The molecule has 6 nitrogen and oxygen atoms in total. The second-order valence-corrected chi connectivity index (χ2v) is 6.32. The van der Waals surface area contributed by atoms with Crippen molar-refractivity contribution in [1.29, 1.82) is 0 Å². The minimum atomic E-state index is 0.0814. The number of nitrogens with zero attached hydrogens (tertiary/aromatic N) is 3. The van der Waals surface area contributed by atoms with Gasteiger partial charge in [-0.1, -0.05) is 12.1 Å². The highest BCUT2D eigenvalue weighted by molar-refractivity contribution is 7.99. The highest BCUT2D eigenvalue weighted by Gasteiger charge is 2.20. The van der Waals surface area contributed by atoms with Gasteiger partial charge in [0.25, 0.3) is 0 Å². The van der Waals surface area contributed by atoms with Crippen molar-refractivity contribution < 1.29 is 9.32 Å². The van der Waals surface area contributed by atoms with Gasteiger partial charge in [-0.25, -0.2) is 0 Å². The van der Waals surface area contributed by atoms with E-state index in [1.807, 2.05) is 0 Å². The largest absolute Gasteiger partial charge is 0.354 e. The summed E-state index contributed by atoms with van der Waals surface area (Å²) in [4.78, 5) is 18.5. The quantitative estimate of drug-likeness (QED) is 0.786. The smallest absolute Gasteiger partial charge is 0.230 e. The molecule has 1 aliphatic heterocycles. The van der Waals surface area contributed by atoms with Crippen molar-refractivity contribution in [2.24, 2.45) is 0 Å². The first-order valence-corrected chi connectivity index (χ1v) is 8.72. The van der Waals surface area contributed by atoms with Crippen molar-refractivity contribution >= 4 is 17.7 Å². The van der Waals surface area contributed by atoms with Crippen LogP contribution in [0.5, 0.6) is 0 Å². The van der Waals surface area contributed by atoms with Gasteiger partial charge in [0.1, 0.15) is 0 Å². The predicted octanol–water partition coefficient (Wildman–Crippen LogP) is 1.60. The lowest BCUT2D eigenvalue weighted by atomic mass is 10.2. The third-order valence-corrected chi connectivity index (χ3v) is 4.63. The summed E-state index contributed by atoms with van der Waals surface area (Å²) in [5.41, 5.74) is 0. The molecule has 1 atom stereocenters. The average molecular weight is 312 g/mol. The van der Waals surface area contributed by atoms with Crippen LogP contribution in [0.3, 0.4) is 0 Å². The first-order valence-electron chi connectivity index (χ1n) is 7.56. The highest BCUT2D eigenvalue weighted by atomic mass is 32.2. The Morgan fingerprint density at radius 2 is 2.24 bits per heavy atom. The standard InChI is InChI=1S/C14H24N4O2S/c1-3-12(18-6-4-5-7-18)8-15-14(19)10-21-9-13-16-11(2)20-17-13/h12H,3-10H2,1-2H3,(H,15,19). The van der Waals surface area contributed by atoms with E-state index < -0.39 is 0 Å². The third-order valence-electron chi connectivity index (χ3n) is 3.70. The topological polar surface area (TPSA) is 71.3 Å². The molecule has 0 bridgehead atoms. The van der Waals surface area contributed by atoms with Crippen LogP contribution in [0.25, 0.3) is 0 Å². The van der Waals surface area contributed by atoms with E-state index in [1.165, 1.54) is 37.7 Å². The number of carbonyl (C=O) groups is 1. The van der Waals surface area contributed by atoms with E-state index in [0.717, 1.165) is 13.0 Å². The molecule has 2 heterocycles. The molecule has 0 spiro atoms. The minimum absolute atomic E-state index is 0.0814. The maximum Gasteiger partial charge on any atom is 0.230 e. The monoisotopic (exact) mass is 312 g/mol. The summed E-state index contributed by atoms with van der Waals surface area (Å²) >= 11 is 1.51. The first kappa shape index (κ1) is 16.3. The van der Waals surface area contributed by atoms with Crippen molar-refractivity contribution in [3.8, 4) is 0 Å². The molecule has 2 rings (SSSR count).